The van der Waals surface area contributed by atoms with Crippen LogP contribution in [0.25, 0.3) is 0 Å². The molecule has 7 heteroatoms. The van der Waals surface area contributed by atoms with Crippen LogP contribution in [0.4, 0.5) is 4.79 Å². The number of hydrogen-bond donors (Lipinski definition) is 1. The van der Waals surface area contributed by atoms with Crippen molar-refractivity contribution >= 4 is 23.3 Å². The molecule has 1 saturated carbocycles. The third-order valence-corrected chi connectivity index (χ3v) is 6.92. The van der Waals surface area contributed by atoms with Gasteiger partial charge in [0.1, 0.15) is 18.9 Å². The summed E-state index contributed by atoms with van der Waals surface area (Å²) in [6.07, 6.45) is 3.68. The zero-order valence-electron chi connectivity index (χ0n) is 18.3. The van der Waals surface area contributed by atoms with E-state index in [1.54, 1.807) is 16.2 Å². The Morgan fingerprint density at radius 2 is 2.00 bits per heavy atom. The molecule has 0 spiro atoms. The fourth-order valence-corrected chi connectivity index (χ4v) is 4.94. The summed E-state index contributed by atoms with van der Waals surface area (Å²) in [4.78, 5) is 30.9. The molecule has 2 heterocycles. The van der Waals surface area contributed by atoms with E-state index in [1.807, 2.05) is 43.0 Å². The largest absolute Gasteiger partial charge is 0.491 e. The Labute approximate surface area is 188 Å². The van der Waals surface area contributed by atoms with Gasteiger partial charge >= 0.3 is 6.03 Å². The number of fused-ring (bicyclic) bond motifs is 1. The fourth-order valence-electron chi connectivity index (χ4n) is 4.01. The van der Waals surface area contributed by atoms with Crippen molar-refractivity contribution in [3.05, 3.63) is 51.7 Å². The molecule has 166 valence electrons. The highest BCUT2D eigenvalue weighted by atomic mass is 32.1. The molecule has 1 aromatic carbocycles. The molecule has 2 aromatic rings. The van der Waals surface area contributed by atoms with Crippen molar-refractivity contribution in [1.82, 2.24) is 15.1 Å². The van der Waals surface area contributed by atoms with Crippen LogP contribution in [0.1, 0.15) is 48.2 Å². The summed E-state index contributed by atoms with van der Waals surface area (Å²) in [5.41, 5.74) is 2.36. The Hall–Kier alpha value is -2.54. The predicted molar refractivity (Wildman–Crippen MR) is 123 cm³/mol. The Balaban J connectivity index is 1.47. The van der Waals surface area contributed by atoms with Crippen LogP contribution >= 0.6 is 11.3 Å². The van der Waals surface area contributed by atoms with Crippen LogP contribution in [0.2, 0.25) is 0 Å². The number of ether oxygens (including phenoxy) is 1. The second kappa shape index (κ2) is 9.73. The van der Waals surface area contributed by atoms with Crippen molar-refractivity contribution in [2.24, 2.45) is 0 Å². The number of aryl methyl sites for hydroxylation is 1. The maximum atomic E-state index is 13.4. The quantitative estimate of drug-likeness (QED) is 0.670. The van der Waals surface area contributed by atoms with Gasteiger partial charge in [0.2, 0.25) is 5.91 Å². The van der Waals surface area contributed by atoms with Crippen molar-refractivity contribution in [1.29, 1.82) is 0 Å². The van der Waals surface area contributed by atoms with Gasteiger partial charge in [-0.2, -0.15) is 0 Å². The maximum Gasteiger partial charge on any atom is 0.318 e. The average molecular weight is 442 g/mol. The van der Waals surface area contributed by atoms with Gasteiger partial charge in [-0.15, -0.1) is 11.3 Å². The van der Waals surface area contributed by atoms with E-state index in [2.05, 4.69) is 16.8 Å². The molecule has 2 aliphatic rings. The highest BCUT2D eigenvalue weighted by Crippen LogP contribution is 2.34. The summed E-state index contributed by atoms with van der Waals surface area (Å²) in [6, 6.07) is 10.0. The number of nitrogens with one attached hydrogen (secondary N) is 1. The molecule has 0 radical (unpaired) electrons. The molecule has 1 aromatic heterocycles. The van der Waals surface area contributed by atoms with Gasteiger partial charge in [0.25, 0.3) is 0 Å². The number of hydrogen-bond acceptors (Lipinski definition) is 4. The van der Waals surface area contributed by atoms with Crippen molar-refractivity contribution in [3.63, 3.8) is 0 Å². The first-order chi connectivity index (χ1) is 15.1. The molecule has 1 fully saturated rings. The lowest BCUT2D eigenvalue weighted by Crippen LogP contribution is -2.50. The average Bonchev–Trinajstić information content (AvgIpc) is 3.50. The SMILES string of the molecule is CCCNC(=O)N(CC(=O)N1CCc2sccc2[C@H]1COc1ccc(C)cc1)C1CC1. The first-order valence-electron chi connectivity index (χ1n) is 11.2. The molecule has 1 atom stereocenters. The van der Waals surface area contributed by atoms with Crippen molar-refractivity contribution in [2.45, 2.75) is 51.6 Å². The number of urea groups is 1. The summed E-state index contributed by atoms with van der Waals surface area (Å²) < 4.78 is 6.09. The summed E-state index contributed by atoms with van der Waals surface area (Å²) in [5.74, 6) is 0.798. The maximum absolute atomic E-state index is 13.4. The monoisotopic (exact) mass is 441 g/mol. The molecular weight excluding hydrogens is 410 g/mol. The zero-order valence-corrected chi connectivity index (χ0v) is 19.1. The number of nitrogens with zero attached hydrogens (tertiary/aromatic N) is 2. The van der Waals surface area contributed by atoms with Crippen LogP contribution in [0.15, 0.2) is 35.7 Å². The van der Waals surface area contributed by atoms with Crippen molar-refractivity contribution < 1.29 is 14.3 Å². The minimum atomic E-state index is -0.136. The van der Waals surface area contributed by atoms with E-state index in [0.29, 0.717) is 19.7 Å². The van der Waals surface area contributed by atoms with E-state index in [4.69, 9.17) is 4.74 Å². The third kappa shape index (κ3) is 5.21. The van der Waals surface area contributed by atoms with Crippen LogP contribution in [-0.2, 0) is 11.2 Å². The standard InChI is InChI=1S/C24H31N3O3S/c1-3-12-25-24(29)27(18-6-7-18)15-23(28)26-13-10-22-20(11-14-31-22)21(26)16-30-19-8-4-17(2)5-9-19/h4-5,8-9,11,14,18,21H,3,6-7,10,12-13,15-16H2,1-2H3,(H,25,29)/t21-/m1/s1. The second-order valence-corrected chi connectivity index (χ2v) is 9.37. The van der Waals surface area contributed by atoms with Crippen molar-refractivity contribution in [3.8, 4) is 5.75 Å². The van der Waals surface area contributed by atoms with Gasteiger partial charge in [-0.05, 0) is 61.7 Å². The normalized spacial score (nSPS) is 17.7. The van der Waals surface area contributed by atoms with Gasteiger partial charge in [-0.1, -0.05) is 24.6 Å². The molecule has 1 N–H and O–H groups in total. The van der Waals surface area contributed by atoms with Crippen LogP contribution in [0.5, 0.6) is 5.75 Å². The molecule has 31 heavy (non-hydrogen) atoms. The molecule has 3 amide bonds. The van der Waals surface area contributed by atoms with E-state index in [9.17, 15) is 9.59 Å². The van der Waals surface area contributed by atoms with Gasteiger partial charge in [0.05, 0.1) is 6.04 Å². The number of carbonyl (C=O) groups excluding carboxylic acids is 2. The number of amides is 3. The Morgan fingerprint density at radius 1 is 1.23 bits per heavy atom. The minimum Gasteiger partial charge on any atom is -0.491 e. The Bertz CT molecular complexity index is 907. The second-order valence-electron chi connectivity index (χ2n) is 8.37. The molecular formula is C24H31N3O3S. The van der Waals surface area contributed by atoms with Gasteiger partial charge in [-0.25, -0.2) is 4.79 Å². The summed E-state index contributed by atoms with van der Waals surface area (Å²) >= 11 is 1.74. The smallest absolute Gasteiger partial charge is 0.318 e. The topological polar surface area (TPSA) is 61.9 Å². The van der Waals surface area contributed by atoms with Gasteiger partial charge < -0.3 is 19.9 Å². The molecule has 1 aliphatic carbocycles. The van der Waals surface area contributed by atoms with E-state index in [-0.39, 0.29) is 30.6 Å². The lowest BCUT2D eigenvalue weighted by Gasteiger charge is -2.37. The minimum absolute atomic E-state index is 0.00657. The van der Waals surface area contributed by atoms with Gasteiger partial charge in [0, 0.05) is 24.0 Å². The zero-order chi connectivity index (χ0) is 21.8. The molecule has 0 saturated heterocycles. The van der Waals surface area contributed by atoms with E-state index >= 15 is 0 Å². The molecule has 4 rings (SSSR count). The number of benzene rings is 1. The molecule has 1 aliphatic heterocycles. The lowest BCUT2D eigenvalue weighted by molar-refractivity contribution is -0.135. The summed E-state index contributed by atoms with van der Waals surface area (Å²) in [5, 5.41) is 5.02. The van der Waals surface area contributed by atoms with Crippen molar-refractivity contribution in [2.75, 3.05) is 26.2 Å². The molecule has 0 bridgehead atoms. The van der Waals surface area contributed by atoms with E-state index < -0.39 is 0 Å². The first kappa shape index (κ1) is 21.7. The fraction of sp³-hybridized carbons (Fsp3) is 0.500. The number of rotatable bonds is 8. The van der Waals surface area contributed by atoms with E-state index in [0.717, 1.165) is 31.4 Å². The van der Waals surface area contributed by atoms with Gasteiger partial charge in [0.15, 0.2) is 0 Å². The van der Waals surface area contributed by atoms with Crippen LogP contribution in [0.3, 0.4) is 0 Å². The Kier molecular flexibility index (Phi) is 6.80. The highest BCUT2D eigenvalue weighted by Gasteiger charge is 2.37. The molecule has 0 unspecified atom stereocenters. The van der Waals surface area contributed by atoms with E-state index in [1.165, 1.54) is 16.0 Å². The van der Waals surface area contributed by atoms with Crippen LogP contribution < -0.4 is 10.1 Å². The highest BCUT2D eigenvalue weighted by molar-refractivity contribution is 7.10. The Morgan fingerprint density at radius 3 is 2.71 bits per heavy atom. The third-order valence-electron chi connectivity index (χ3n) is 5.92. The van der Waals surface area contributed by atoms with Crippen LogP contribution in [-0.4, -0.2) is 54.0 Å². The number of carbonyl (C=O) groups is 2. The van der Waals surface area contributed by atoms with Crippen LogP contribution in [0, 0.1) is 6.92 Å². The van der Waals surface area contributed by atoms with Gasteiger partial charge in [-0.3, -0.25) is 4.79 Å². The predicted octanol–water partition coefficient (Wildman–Crippen LogP) is 4.15. The summed E-state index contributed by atoms with van der Waals surface area (Å²) in [7, 11) is 0. The lowest BCUT2D eigenvalue weighted by atomic mass is 10.0. The number of thiophene rings is 1. The first-order valence-corrected chi connectivity index (χ1v) is 12.0. The summed E-state index contributed by atoms with van der Waals surface area (Å²) in [6.45, 7) is 5.89. The molecule has 6 nitrogen and oxygen atoms in total.